The third-order valence-corrected chi connectivity index (χ3v) is 7.92. The molecule has 1 saturated carbocycles. The Balaban J connectivity index is 1.25. The first-order valence-corrected chi connectivity index (χ1v) is 13.3. The van der Waals surface area contributed by atoms with Crippen LogP contribution in [0.1, 0.15) is 34.6 Å². The molecule has 1 fully saturated rings. The number of aliphatic carboxylic acids is 1. The number of nitrogens with zero attached hydrogens (tertiary/aromatic N) is 2. The van der Waals surface area contributed by atoms with Gasteiger partial charge < -0.3 is 14.7 Å². The van der Waals surface area contributed by atoms with Crippen molar-refractivity contribution < 1.29 is 32.6 Å². The molecule has 1 aliphatic heterocycles. The van der Waals surface area contributed by atoms with E-state index in [1.807, 2.05) is 11.0 Å². The van der Waals surface area contributed by atoms with Gasteiger partial charge in [-0.1, -0.05) is 30.3 Å². The first-order chi connectivity index (χ1) is 18.2. The van der Waals surface area contributed by atoms with Gasteiger partial charge in [-0.25, -0.2) is 0 Å². The minimum absolute atomic E-state index is 0.00192. The minimum Gasteiger partial charge on any atom is -0.488 e. The lowest BCUT2D eigenvalue weighted by Gasteiger charge is -2.24. The molecule has 1 amide bonds. The fourth-order valence-corrected chi connectivity index (χ4v) is 5.73. The molecule has 10 heteroatoms. The predicted octanol–water partition coefficient (Wildman–Crippen LogP) is 5.84. The topological polar surface area (TPSA) is 70.1 Å². The molecule has 6 nitrogen and oxygen atoms in total. The Morgan fingerprint density at radius 2 is 1.87 bits per heavy atom. The monoisotopic (exact) mass is 544 g/mol. The number of fused-ring (bicyclic) bond motifs is 1. The van der Waals surface area contributed by atoms with Crippen LogP contribution in [0.5, 0.6) is 5.75 Å². The molecule has 2 aliphatic rings. The van der Waals surface area contributed by atoms with Crippen molar-refractivity contribution in [1.29, 1.82) is 0 Å². The maximum atomic E-state index is 13.7. The van der Waals surface area contributed by atoms with E-state index in [0.717, 1.165) is 24.1 Å². The number of anilines is 1. The molecule has 0 bridgehead atoms. The van der Waals surface area contributed by atoms with E-state index < -0.39 is 17.0 Å². The lowest BCUT2D eigenvalue weighted by atomic mass is 10.1. The number of alkyl halides is 3. The summed E-state index contributed by atoms with van der Waals surface area (Å²) in [7, 11) is 0. The van der Waals surface area contributed by atoms with Crippen LogP contribution in [0.4, 0.5) is 18.9 Å². The summed E-state index contributed by atoms with van der Waals surface area (Å²) in [6.45, 7) is 1.06. The van der Waals surface area contributed by atoms with Crippen molar-refractivity contribution in [2.45, 2.75) is 44.5 Å². The van der Waals surface area contributed by atoms with Crippen molar-refractivity contribution in [3.63, 3.8) is 0 Å². The van der Waals surface area contributed by atoms with Crippen LogP contribution in [0.3, 0.4) is 0 Å². The summed E-state index contributed by atoms with van der Waals surface area (Å²) in [5, 5.41) is 9.00. The number of carbonyl (C=O) groups is 2. The fraction of sp³-hybridized carbons (Fsp3) is 0.357. The molecule has 2 heterocycles. The molecule has 38 heavy (non-hydrogen) atoms. The first-order valence-electron chi connectivity index (χ1n) is 12.5. The summed E-state index contributed by atoms with van der Waals surface area (Å²) in [5.41, 5.74) is 2.38. The van der Waals surface area contributed by atoms with E-state index in [1.54, 1.807) is 47.4 Å². The maximum Gasteiger partial charge on any atom is 0.426 e. The van der Waals surface area contributed by atoms with Crippen LogP contribution in [-0.2, 0) is 28.8 Å². The third kappa shape index (κ3) is 6.02. The molecule has 2 aromatic carbocycles. The first kappa shape index (κ1) is 26.2. The van der Waals surface area contributed by atoms with Crippen molar-refractivity contribution in [2.75, 3.05) is 24.5 Å². The average molecular weight is 545 g/mol. The van der Waals surface area contributed by atoms with E-state index in [4.69, 9.17) is 9.84 Å². The highest BCUT2D eigenvalue weighted by molar-refractivity contribution is 7.12. The number of amides is 1. The van der Waals surface area contributed by atoms with Crippen LogP contribution in [0.25, 0.3) is 11.1 Å². The number of carboxylic acid groups (broad SMARTS) is 1. The average Bonchev–Trinajstić information content (AvgIpc) is 3.49. The van der Waals surface area contributed by atoms with Crippen molar-refractivity contribution in [1.82, 2.24) is 4.90 Å². The minimum atomic E-state index is -4.46. The molecule has 0 atom stereocenters. The van der Waals surface area contributed by atoms with E-state index in [9.17, 15) is 22.8 Å². The zero-order valence-electron chi connectivity index (χ0n) is 20.5. The number of carbonyl (C=O) groups excluding carboxylic acids is 1. The Morgan fingerprint density at radius 1 is 1.11 bits per heavy atom. The Labute approximate surface area is 222 Å². The molecule has 0 spiro atoms. The van der Waals surface area contributed by atoms with E-state index in [-0.39, 0.29) is 37.1 Å². The van der Waals surface area contributed by atoms with Gasteiger partial charge in [0.05, 0.1) is 13.0 Å². The summed E-state index contributed by atoms with van der Waals surface area (Å²) in [6, 6.07) is 15.7. The number of hydrogen-bond acceptors (Lipinski definition) is 5. The number of thiophene rings is 1. The Kier molecular flexibility index (Phi) is 7.45. The molecule has 0 unspecified atom stereocenters. The molecule has 0 saturated heterocycles. The normalized spacial score (nSPS) is 15.1. The summed E-state index contributed by atoms with van der Waals surface area (Å²) in [4.78, 5) is 27.5. The third-order valence-electron chi connectivity index (χ3n) is 6.77. The molecule has 1 aliphatic carbocycles. The van der Waals surface area contributed by atoms with E-state index in [1.165, 1.54) is 6.07 Å². The largest absolute Gasteiger partial charge is 0.488 e. The fourth-order valence-electron chi connectivity index (χ4n) is 4.77. The van der Waals surface area contributed by atoms with Gasteiger partial charge in [0.15, 0.2) is 0 Å². The Bertz CT molecular complexity index is 1320. The van der Waals surface area contributed by atoms with Crippen LogP contribution in [-0.4, -0.2) is 47.6 Å². The number of rotatable bonds is 10. The Morgan fingerprint density at radius 3 is 2.55 bits per heavy atom. The molecule has 200 valence electrons. The quantitative estimate of drug-likeness (QED) is 0.347. The summed E-state index contributed by atoms with van der Waals surface area (Å²) < 4.78 is 46.9. The second-order valence-corrected chi connectivity index (χ2v) is 10.7. The number of hydrogen-bond donors (Lipinski definition) is 1. The molecule has 1 N–H and O–H groups in total. The lowest BCUT2D eigenvalue weighted by Crippen LogP contribution is -2.41. The standard InChI is InChI=1S/C28H27F3N2O4S/c29-28(30,31)27-23(18-4-2-1-3-5-18)15-22(38-27)17-37-21-8-9-24-19(14-21)10-13-33(24)25(34)16-32(20-6-7-20)12-11-26(35)36/h1-5,8-9,14-15,20H,6-7,10-13,16-17H2,(H,35,36). The SMILES string of the molecule is O=C(O)CCN(CC(=O)N1CCc2cc(OCc3cc(-c4ccccc4)c(C(F)(F)F)s3)ccc21)C1CC1. The Hall–Kier alpha value is -3.37. The number of carboxylic acids is 1. The molecular weight excluding hydrogens is 517 g/mol. The molecular formula is C28H27F3N2O4S. The number of benzene rings is 2. The van der Waals surface area contributed by atoms with Gasteiger partial charge in [-0.2, -0.15) is 13.2 Å². The highest BCUT2D eigenvalue weighted by Crippen LogP contribution is 2.43. The van der Waals surface area contributed by atoms with Gasteiger partial charge in [0.25, 0.3) is 0 Å². The van der Waals surface area contributed by atoms with E-state index in [0.29, 0.717) is 47.0 Å². The van der Waals surface area contributed by atoms with Gasteiger partial charge in [-0.15, -0.1) is 11.3 Å². The summed E-state index contributed by atoms with van der Waals surface area (Å²) in [5.74, 6) is -0.417. The zero-order valence-corrected chi connectivity index (χ0v) is 21.4. The maximum absolute atomic E-state index is 13.7. The number of ether oxygens (including phenoxy) is 1. The van der Waals surface area contributed by atoms with Crippen LogP contribution < -0.4 is 9.64 Å². The second kappa shape index (κ2) is 10.8. The molecule has 3 aromatic rings. The van der Waals surface area contributed by atoms with Crippen molar-refractivity contribution in [2.24, 2.45) is 0 Å². The van der Waals surface area contributed by atoms with Gasteiger partial charge >= 0.3 is 12.1 Å². The smallest absolute Gasteiger partial charge is 0.426 e. The van der Waals surface area contributed by atoms with Crippen molar-refractivity contribution >= 4 is 28.9 Å². The van der Waals surface area contributed by atoms with Crippen molar-refractivity contribution in [3.05, 3.63) is 69.9 Å². The highest BCUT2D eigenvalue weighted by atomic mass is 32.1. The lowest BCUT2D eigenvalue weighted by molar-refractivity contribution is -0.138. The van der Waals surface area contributed by atoms with Gasteiger partial charge in [-0.05, 0) is 54.7 Å². The van der Waals surface area contributed by atoms with E-state index in [2.05, 4.69) is 0 Å². The summed E-state index contributed by atoms with van der Waals surface area (Å²) >= 11 is 0.685. The van der Waals surface area contributed by atoms with Gasteiger partial charge in [-0.3, -0.25) is 14.5 Å². The van der Waals surface area contributed by atoms with Crippen molar-refractivity contribution in [3.8, 4) is 16.9 Å². The van der Waals surface area contributed by atoms with E-state index >= 15 is 0 Å². The highest BCUT2D eigenvalue weighted by Gasteiger charge is 2.36. The zero-order chi connectivity index (χ0) is 26.9. The molecule has 1 aromatic heterocycles. The van der Waals surface area contributed by atoms with Crippen LogP contribution >= 0.6 is 11.3 Å². The molecule has 0 radical (unpaired) electrons. The van der Waals surface area contributed by atoms with Crippen LogP contribution in [0.15, 0.2) is 54.6 Å². The second-order valence-electron chi connectivity index (χ2n) is 9.54. The van der Waals surface area contributed by atoms with Gasteiger partial charge in [0, 0.05) is 35.3 Å². The van der Waals surface area contributed by atoms with Crippen LogP contribution in [0.2, 0.25) is 0 Å². The van der Waals surface area contributed by atoms with Gasteiger partial charge in [0.2, 0.25) is 5.91 Å². The van der Waals surface area contributed by atoms with Gasteiger partial charge in [0.1, 0.15) is 17.2 Å². The predicted molar refractivity (Wildman–Crippen MR) is 138 cm³/mol. The molecule has 5 rings (SSSR count). The summed E-state index contributed by atoms with van der Waals surface area (Å²) in [6.07, 6.45) is -1.85. The number of halogens is 3. The van der Waals surface area contributed by atoms with Crippen LogP contribution in [0, 0.1) is 0 Å².